The van der Waals surface area contributed by atoms with E-state index in [1.807, 2.05) is 56.3 Å². The first-order valence-corrected chi connectivity index (χ1v) is 12.7. The van der Waals surface area contributed by atoms with Crippen LogP contribution < -0.4 is 4.74 Å². The minimum absolute atomic E-state index is 0.00495. The lowest BCUT2D eigenvalue weighted by molar-refractivity contribution is -0.124. The van der Waals surface area contributed by atoms with Crippen LogP contribution in [0.3, 0.4) is 0 Å². The van der Waals surface area contributed by atoms with Gasteiger partial charge in [0.15, 0.2) is 5.78 Å². The molecule has 0 unspecified atom stereocenters. The first-order chi connectivity index (χ1) is 18.5. The van der Waals surface area contributed by atoms with Gasteiger partial charge in [-0.3, -0.25) is 14.4 Å². The number of nitrogens with zero attached hydrogens (tertiary/aromatic N) is 4. The lowest BCUT2D eigenvalue weighted by Gasteiger charge is -2.14. The fourth-order valence-corrected chi connectivity index (χ4v) is 4.21. The summed E-state index contributed by atoms with van der Waals surface area (Å²) in [6.07, 6.45) is 2.79. The summed E-state index contributed by atoms with van der Waals surface area (Å²) in [5.41, 5.74) is 5.03. The van der Waals surface area contributed by atoms with Crippen LogP contribution in [0.1, 0.15) is 44.1 Å². The van der Waals surface area contributed by atoms with E-state index >= 15 is 0 Å². The maximum absolute atomic E-state index is 12.8. The van der Waals surface area contributed by atoms with Gasteiger partial charge in [0.1, 0.15) is 11.6 Å². The molecule has 8 heteroatoms. The van der Waals surface area contributed by atoms with Gasteiger partial charge in [-0.15, -0.1) is 0 Å². The van der Waals surface area contributed by atoms with Gasteiger partial charge in [0.2, 0.25) is 0 Å². The highest BCUT2D eigenvalue weighted by molar-refractivity contribution is 6.42. The molecule has 1 aromatic heterocycles. The first-order valence-electron chi connectivity index (χ1n) is 12.7. The van der Waals surface area contributed by atoms with Crippen molar-refractivity contribution >= 4 is 17.5 Å². The number of amides is 1. The molecule has 1 heterocycles. The van der Waals surface area contributed by atoms with Gasteiger partial charge in [0.25, 0.3) is 11.7 Å². The zero-order valence-electron chi connectivity index (χ0n) is 23.6. The molecule has 0 saturated heterocycles. The second-order valence-corrected chi connectivity index (χ2v) is 10.0. The Kier molecular flexibility index (Phi) is 9.84. The summed E-state index contributed by atoms with van der Waals surface area (Å²) in [6.45, 7) is 6.36. The number of aromatic nitrogens is 2. The minimum atomic E-state index is -0.571. The van der Waals surface area contributed by atoms with Crippen molar-refractivity contribution in [2.45, 2.75) is 26.2 Å². The third kappa shape index (κ3) is 7.67. The van der Waals surface area contributed by atoms with Gasteiger partial charge in [-0.2, -0.15) is 0 Å². The van der Waals surface area contributed by atoms with Crippen LogP contribution in [0.5, 0.6) is 5.75 Å². The van der Waals surface area contributed by atoms with Crippen molar-refractivity contribution in [3.05, 3.63) is 100 Å². The molecule has 204 valence electrons. The molecule has 8 nitrogen and oxygen atoms in total. The summed E-state index contributed by atoms with van der Waals surface area (Å²) in [4.78, 5) is 50.3. The lowest BCUT2D eigenvalue weighted by Crippen LogP contribution is -2.30. The lowest BCUT2D eigenvalue weighted by atomic mass is 9.97. The van der Waals surface area contributed by atoms with E-state index in [0.29, 0.717) is 42.1 Å². The van der Waals surface area contributed by atoms with Crippen LogP contribution in [0.4, 0.5) is 0 Å². The number of likely N-dealkylation sites (N-methyl/N-ethyl adjacent to an activating group) is 2. The number of carbonyl (C=O) groups is 3. The SMILES string of the molecule is C=C(CN(C)C)C(=O)Cc1ccc(OC)c(Cc2ncc(C)c(Cc3ccccc3C(=O)C(=O)N(C)C)n2)c1. The zero-order valence-corrected chi connectivity index (χ0v) is 23.6. The molecule has 0 saturated carbocycles. The normalized spacial score (nSPS) is 10.8. The topological polar surface area (TPSA) is 92.7 Å². The molecule has 3 rings (SSSR count). The van der Waals surface area contributed by atoms with Gasteiger partial charge in [0.05, 0.1) is 12.8 Å². The van der Waals surface area contributed by atoms with Crippen LogP contribution in [-0.2, 0) is 28.9 Å². The summed E-state index contributed by atoms with van der Waals surface area (Å²) in [6, 6.07) is 12.8. The Balaban J connectivity index is 1.86. The van der Waals surface area contributed by atoms with Crippen LogP contribution in [0.2, 0.25) is 0 Å². The number of carbonyl (C=O) groups excluding carboxylic acids is 3. The molecule has 2 aromatic carbocycles. The molecular formula is C31H36N4O4. The summed E-state index contributed by atoms with van der Waals surface area (Å²) in [5.74, 6) is 0.143. The van der Waals surface area contributed by atoms with Crippen LogP contribution in [0.25, 0.3) is 0 Å². The van der Waals surface area contributed by atoms with Gasteiger partial charge in [-0.05, 0) is 43.8 Å². The standard InChI is InChI=1S/C31H36N4O4/c1-20-18-32-29(33-26(20)16-23-10-8-9-11-25(23)30(37)31(38)35(5)6)17-24-14-22(12-13-28(24)39-7)15-27(36)21(2)19-34(3)4/h8-14,18H,2,15-17,19H2,1,3-7H3. The average Bonchev–Trinajstić information content (AvgIpc) is 2.89. The summed E-state index contributed by atoms with van der Waals surface area (Å²) in [5, 5.41) is 0. The van der Waals surface area contributed by atoms with Crippen molar-refractivity contribution in [1.29, 1.82) is 0 Å². The highest BCUT2D eigenvalue weighted by Gasteiger charge is 2.21. The van der Waals surface area contributed by atoms with Crippen molar-refractivity contribution in [2.24, 2.45) is 0 Å². The Morgan fingerprint density at radius 3 is 2.36 bits per heavy atom. The van der Waals surface area contributed by atoms with E-state index in [-0.39, 0.29) is 12.2 Å². The average molecular weight is 529 g/mol. The Morgan fingerprint density at radius 1 is 0.974 bits per heavy atom. The third-order valence-corrected chi connectivity index (χ3v) is 6.31. The fraction of sp³-hybridized carbons (Fsp3) is 0.323. The molecule has 39 heavy (non-hydrogen) atoms. The van der Waals surface area contributed by atoms with Gasteiger partial charge in [-0.25, -0.2) is 9.97 Å². The molecular weight excluding hydrogens is 492 g/mol. The van der Waals surface area contributed by atoms with E-state index in [0.717, 1.165) is 27.9 Å². The first kappa shape index (κ1) is 29.4. The Hall–Kier alpha value is -4.17. The monoisotopic (exact) mass is 528 g/mol. The molecule has 0 aliphatic carbocycles. The quantitative estimate of drug-likeness (QED) is 0.202. The van der Waals surface area contributed by atoms with Crippen LogP contribution >= 0.6 is 0 Å². The van der Waals surface area contributed by atoms with Gasteiger partial charge in [0, 0.05) is 62.8 Å². The number of hydrogen-bond donors (Lipinski definition) is 0. The van der Waals surface area contributed by atoms with E-state index < -0.39 is 11.7 Å². The number of methoxy groups -OCH3 is 1. The molecule has 1 amide bonds. The summed E-state index contributed by atoms with van der Waals surface area (Å²) >= 11 is 0. The molecule has 0 spiro atoms. The number of hydrogen-bond acceptors (Lipinski definition) is 7. The van der Waals surface area contributed by atoms with Crippen molar-refractivity contribution < 1.29 is 19.1 Å². The second-order valence-electron chi connectivity index (χ2n) is 10.0. The van der Waals surface area contributed by atoms with Gasteiger partial charge >= 0.3 is 0 Å². The molecule has 0 N–H and O–H groups in total. The van der Waals surface area contributed by atoms with E-state index in [1.54, 1.807) is 39.5 Å². The molecule has 0 aliphatic rings. The van der Waals surface area contributed by atoms with Crippen LogP contribution in [0.15, 0.2) is 60.8 Å². The number of Topliss-reactive ketones (excluding diaryl/α,β-unsaturated/α-hetero) is 2. The minimum Gasteiger partial charge on any atom is -0.496 e. The van der Waals surface area contributed by atoms with Gasteiger partial charge < -0.3 is 14.5 Å². The smallest absolute Gasteiger partial charge is 0.294 e. The van der Waals surface area contributed by atoms with Crippen molar-refractivity contribution in [2.75, 3.05) is 41.8 Å². The van der Waals surface area contributed by atoms with E-state index in [1.165, 1.54) is 4.90 Å². The summed E-state index contributed by atoms with van der Waals surface area (Å²) < 4.78 is 5.57. The van der Waals surface area contributed by atoms with E-state index in [2.05, 4.69) is 11.6 Å². The third-order valence-electron chi connectivity index (χ3n) is 6.31. The zero-order chi connectivity index (χ0) is 28.7. The van der Waals surface area contributed by atoms with E-state index in [4.69, 9.17) is 9.72 Å². The molecule has 0 bridgehead atoms. The molecule has 3 aromatic rings. The molecule has 0 radical (unpaired) electrons. The van der Waals surface area contributed by atoms with Crippen LogP contribution in [-0.4, -0.2) is 79.1 Å². The number of ether oxygens (including phenoxy) is 1. The van der Waals surface area contributed by atoms with Gasteiger partial charge in [-0.1, -0.05) is 43.0 Å². The highest BCUT2D eigenvalue weighted by atomic mass is 16.5. The number of benzene rings is 2. The number of aryl methyl sites for hydroxylation is 1. The second kappa shape index (κ2) is 13.1. The highest BCUT2D eigenvalue weighted by Crippen LogP contribution is 2.24. The Labute approximate surface area is 230 Å². The molecule has 0 fully saturated rings. The van der Waals surface area contributed by atoms with E-state index in [9.17, 15) is 14.4 Å². The summed E-state index contributed by atoms with van der Waals surface area (Å²) in [7, 11) is 8.53. The predicted octanol–water partition coefficient (Wildman–Crippen LogP) is 3.48. The number of ketones is 2. The maximum Gasteiger partial charge on any atom is 0.294 e. The van der Waals surface area contributed by atoms with Crippen molar-refractivity contribution in [1.82, 2.24) is 19.8 Å². The largest absolute Gasteiger partial charge is 0.496 e. The van der Waals surface area contributed by atoms with Crippen LogP contribution in [0, 0.1) is 6.92 Å². The van der Waals surface area contributed by atoms with Crippen molar-refractivity contribution in [3.63, 3.8) is 0 Å². The van der Waals surface area contributed by atoms with Crippen molar-refractivity contribution in [3.8, 4) is 5.75 Å². The fourth-order valence-electron chi connectivity index (χ4n) is 4.21. The molecule has 0 atom stereocenters. The molecule has 0 aliphatic heterocycles. The Bertz CT molecular complexity index is 1400. The maximum atomic E-state index is 12.8. The predicted molar refractivity (Wildman–Crippen MR) is 151 cm³/mol. The number of rotatable bonds is 12. The Morgan fingerprint density at radius 2 is 1.69 bits per heavy atom.